The third-order valence-electron chi connectivity index (χ3n) is 2.96. The zero-order chi connectivity index (χ0) is 12.6. The Bertz CT molecular complexity index is 535. The third-order valence-corrected chi connectivity index (χ3v) is 2.96. The molecule has 1 heterocycles. The standard InChI is InChI=1S/C16H18N2/c1-2-3-4-5-11-17-13-15-9-6-8-14-10-7-12-18-16(14)15/h1,6-10,12,17H,3-5,11,13H2. The summed E-state index contributed by atoms with van der Waals surface area (Å²) < 4.78 is 0. The molecule has 0 aliphatic rings. The fourth-order valence-corrected chi connectivity index (χ4v) is 2.01. The van der Waals surface area contributed by atoms with Gasteiger partial charge in [-0.05, 0) is 31.0 Å². The first-order valence-corrected chi connectivity index (χ1v) is 6.38. The van der Waals surface area contributed by atoms with E-state index in [0.29, 0.717) is 0 Å². The number of para-hydroxylation sites is 1. The van der Waals surface area contributed by atoms with Gasteiger partial charge in [0.2, 0.25) is 0 Å². The lowest BCUT2D eigenvalue weighted by atomic mass is 10.1. The number of terminal acetylenes is 1. The number of pyridine rings is 1. The molecular weight excluding hydrogens is 220 g/mol. The lowest BCUT2D eigenvalue weighted by Crippen LogP contribution is -2.15. The normalized spacial score (nSPS) is 10.4. The van der Waals surface area contributed by atoms with Crippen molar-refractivity contribution in [2.75, 3.05) is 6.54 Å². The molecule has 0 saturated heterocycles. The van der Waals surface area contributed by atoms with Crippen LogP contribution in [-0.4, -0.2) is 11.5 Å². The minimum Gasteiger partial charge on any atom is -0.313 e. The average Bonchev–Trinajstić information content (AvgIpc) is 2.43. The second-order valence-corrected chi connectivity index (χ2v) is 4.33. The molecule has 0 fully saturated rings. The van der Waals surface area contributed by atoms with Crippen LogP contribution in [0.4, 0.5) is 0 Å². The number of hydrogen-bond donors (Lipinski definition) is 1. The van der Waals surface area contributed by atoms with Crippen molar-refractivity contribution in [2.45, 2.75) is 25.8 Å². The summed E-state index contributed by atoms with van der Waals surface area (Å²) in [6.45, 7) is 1.87. The van der Waals surface area contributed by atoms with Gasteiger partial charge < -0.3 is 5.32 Å². The molecule has 0 bridgehead atoms. The van der Waals surface area contributed by atoms with Gasteiger partial charge in [-0.25, -0.2) is 0 Å². The smallest absolute Gasteiger partial charge is 0.0746 e. The monoisotopic (exact) mass is 238 g/mol. The molecule has 0 saturated carbocycles. The van der Waals surface area contributed by atoms with Gasteiger partial charge in [0.05, 0.1) is 5.52 Å². The molecule has 0 amide bonds. The predicted octanol–water partition coefficient (Wildman–Crippen LogP) is 3.13. The quantitative estimate of drug-likeness (QED) is 0.618. The van der Waals surface area contributed by atoms with Gasteiger partial charge >= 0.3 is 0 Å². The Morgan fingerprint density at radius 1 is 1.17 bits per heavy atom. The number of hydrogen-bond acceptors (Lipinski definition) is 2. The highest BCUT2D eigenvalue weighted by Gasteiger charge is 2.00. The molecule has 0 spiro atoms. The molecule has 0 atom stereocenters. The first kappa shape index (κ1) is 12.6. The summed E-state index contributed by atoms with van der Waals surface area (Å²) >= 11 is 0. The number of fused-ring (bicyclic) bond motifs is 1. The number of nitrogens with one attached hydrogen (secondary N) is 1. The van der Waals surface area contributed by atoms with E-state index in [2.05, 4.69) is 40.5 Å². The first-order chi connectivity index (χ1) is 8.92. The largest absolute Gasteiger partial charge is 0.313 e. The zero-order valence-electron chi connectivity index (χ0n) is 10.5. The predicted molar refractivity (Wildman–Crippen MR) is 76.1 cm³/mol. The minimum atomic E-state index is 0.865. The van der Waals surface area contributed by atoms with E-state index in [1.54, 1.807) is 0 Å². The van der Waals surface area contributed by atoms with Gasteiger partial charge in [0.25, 0.3) is 0 Å². The molecular formula is C16H18N2. The van der Waals surface area contributed by atoms with E-state index in [9.17, 15) is 0 Å². The van der Waals surface area contributed by atoms with E-state index >= 15 is 0 Å². The molecule has 18 heavy (non-hydrogen) atoms. The number of unbranched alkanes of at least 4 members (excludes halogenated alkanes) is 2. The Balaban J connectivity index is 1.90. The molecule has 2 aromatic rings. The lowest BCUT2D eigenvalue weighted by molar-refractivity contribution is 0.631. The van der Waals surface area contributed by atoms with Gasteiger partial charge in [0, 0.05) is 24.5 Å². The first-order valence-electron chi connectivity index (χ1n) is 6.38. The highest BCUT2D eigenvalue weighted by Crippen LogP contribution is 2.15. The molecule has 0 unspecified atom stereocenters. The highest BCUT2D eigenvalue weighted by atomic mass is 14.8. The molecule has 1 aromatic heterocycles. The van der Waals surface area contributed by atoms with Crippen LogP contribution >= 0.6 is 0 Å². The van der Waals surface area contributed by atoms with Gasteiger partial charge in [-0.1, -0.05) is 24.3 Å². The number of benzene rings is 1. The second-order valence-electron chi connectivity index (χ2n) is 4.33. The van der Waals surface area contributed by atoms with Crippen LogP contribution in [0.15, 0.2) is 36.5 Å². The van der Waals surface area contributed by atoms with Gasteiger partial charge in [-0.15, -0.1) is 12.3 Å². The topological polar surface area (TPSA) is 24.9 Å². The maximum Gasteiger partial charge on any atom is 0.0746 e. The van der Waals surface area contributed by atoms with E-state index in [1.165, 1.54) is 10.9 Å². The molecule has 92 valence electrons. The third kappa shape index (κ3) is 3.32. The highest BCUT2D eigenvalue weighted by molar-refractivity contribution is 5.81. The summed E-state index contributed by atoms with van der Waals surface area (Å²) in [7, 11) is 0. The summed E-state index contributed by atoms with van der Waals surface area (Å²) in [4.78, 5) is 4.44. The Morgan fingerprint density at radius 2 is 2.06 bits per heavy atom. The van der Waals surface area contributed by atoms with Crippen molar-refractivity contribution < 1.29 is 0 Å². The molecule has 2 rings (SSSR count). The Kier molecular flexibility index (Phi) is 4.75. The molecule has 2 nitrogen and oxygen atoms in total. The molecule has 0 aliphatic carbocycles. The van der Waals surface area contributed by atoms with Crippen LogP contribution in [0.5, 0.6) is 0 Å². The summed E-state index contributed by atoms with van der Waals surface area (Å²) in [5, 5.41) is 4.64. The van der Waals surface area contributed by atoms with E-state index in [4.69, 9.17) is 6.42 Å². The van der Waals surface area contributed by atoms with E-state index in [-0.39, 0.29) is 0 Å². The van der Waals surface area contributed by atoms with Crippen LogP contribution in [0.2, 0.25) is 0 Å². The van der Waals surface area contributed by atoms with Crippen LogP contribution in [0.3, 0.4) is 0 Å². The van der Waals surface area contributed by atoms with E-state index in [1.807, 2.05) is 12.3 Å². The number of nitrogens with zero attached hydrogens (tertiary/aromatic N) is 1. The van der Waals surface area contributed by atoms with Crippen molar-refractivity contribution in [1.82, 2.24) is 10.3 Å². The Hall–Kier alpha value is -1.85. The second kappa shape index (κ2) is 6.78. The van der Waals surface area contributed by atoms with Crippen molar-refractivity contribution >= 4 is 10.9 Å². The maximum atomic E-state index is 5.22. The molecule has 1 aromatic carbocycles. The lowest BCUT2D eigenvalue weighted by Gasteiger charge is -2.07. The van der Waals surface area contributed by atoms with E-state index in [0.717, 1.165) is 37.9 Å². The summed E-state index contributed by atoms with van der Waals surface area (Å²) in [5.41, 5.74) is 2.35. The fraction of sp³-hybridized carbons (Fsp3) is 0.312. The van der Waals surface area contributed by atoms with Crippen LogP contribution in [0.1, 0.15) is 24.8 Å². The maximum absolute atomic E-state index is 5.22. The summed E-state index contributed by atoms with van der Waals surface area (Å²) in [6.07, 6.45) is 10.2. The molecule has 0 aliphatic heterocycles. The number of aromatic nitrogens is 1. The Morgan fingerprint density at radius 3 is 2.94 bits per heavy atom. The van der Waals surface area contributed by atoms with Crippen molar-refractivity contribution in [3.05, 3.63) is 42.1 Å². The van der Waals surface area contributed by atoms with Crippen LogP contribution in [0, 0.1) is 12.3 Å². The fourth-order valence-electron chi connectivity index (χ4n) is 2.01. The summed E-state index contributed by atoms with van der Waals surface area (Å²) in [5.74, 6) is 2.66. The van der Waals surface area contributed by atoms with Gasteiger partial charge in [0.15, 0.2) is 0 Å². The summed E-state index contributed by atoms with van der Waals surface area (Å²) in [6, 6.07) is 10.4. The van der Waals surface area contributed by atoms with Crippen LogP contribution in [-0.2, 0) is 6.54 Å². The van der Waals surface area contributed by atoms with Crippen LogP contribution < -0.4 is 5.32 Å². The average molecular weight is 238 g/mol. The van der Waals surface area contributed by atoms with Crippen molar-refractivity contribution in [1.29, 1.82) is 0 Å². The van der Waals surface area contributed by atoms with E-state index < -0.39 is 0 Å². The zero-order valence-corrected chi connectivity index (χ0v) is 10.5. The Labute approximate surface area is 108 Å². The van der Waals surface area contributed by atoms with Gasteiger partial charge in [0.1, 0.15) is 0 Å². The SMILES string of the molecule is C#CCCCCNCc1cccc2cccnc12. The van der Waals surface area contributed by atoms with Gasteiger partial charge in [-0.3, -0.25) is 4.98 Å². The molecule has 1 N–H and O–H groups in total. The molecule has 2 heteroatoms. The van der Waals surface area contributed by atoms with Crippen molar-refractivity contribution in [2.24, 2.45) is 0 Å². The van der Waals surface area contributed by atoms with Crippen molar-refractivity contribution in [3.8, 4) is 12.3 Å². The molecule has 0 radical (unpaired) electrons. The van der Waals surface area contributed by atoms with Crippen LogP contribution in [0.25, 0.3) is 10.9 Å². The minimum absolute atomic E-state index is 0.865. The number of rotatable bonds is 6. The van der Waals surface area contributed by atoms with Gasteiger partial charge in [-0.2, -0.15) is 0 Å². The van der Waals surface area contributed by atoms with Crippen molar-refractivity contribution in [3.63, 3.8) is 0 Å².